The van der Waals surface area contributed by atoms with Gasteiger partial charge in [0.25, 0.3) is 0 Å². The van der Waals surface area contributed by atoms with Crippen molar-refractivity contribution in [1.82, 2.24) is 0 Å². The smallest absolute Gasteiger partial charge is 0.122 e. The average molecular weight is 257 g/mol. The first kappa shape index (κ1) is 13.3. The minimum Gasteiger partial charge on any atom is -0.493 e. The van der Waals surface area contributed by atoms with Gasteiger partial charge in [0, 0.05) is 12.1 Å². The Balaban J connectivity index is 1.69. The van der Waals surface area contributed by atoms with E-state index >= 15 is 0 Å². The van der Waals surface area contributed by atoms with E-state index in [-0.39, 0.29) is 0 Å². The van der Waals surface area contributed by atoms with E-state index in [1.807, 2.05) is 55.5 Å². The van der Waals surface area contributed by atoms with E-state index in [1.54, 1.807) is 0 Å². The van der Waals surface area contributed by atoms with Crippen LogP contribution >= 0.6 is 0 Å². The van der Waals surface area contributed by atoms with Gasteiger partial charge in [0.15, 0.2) is 0 Å². The number of hydrogen-bond donors (Lipinski definition) is 1. The molecule has 3 nitrogen and oxygen atoms in total. The lowest BCUT2D eigenvalue weighted by molar-refractivity contribution is 0.246. The Morgan fingerprint density at radius 2 is 1.68 bits per heavy atom. The van der Waals surface area contributed by atoms with Crippen molar-refractivity contribution >= 4 is 5.69 Å². The van der Waals surface area contributed by atoms with E-state index in [9.17, 15) is 0 Å². The van der Waals surface area contributed by atoms with E-state index in [0.29, 0.717) is 13.2 Å². The highest BCUT2D eigenvalue weighted by Crippen LogP contribution is 2.20. The van der Waals surface area contributed by atoms with Gasteiger partial charge in [0.05, 0.1) is 13.2 Å². The van der Waals surface area contributed by atoms with E-state index in [1.165, 1.54) is 0 Å². The normalized spacial score (nSPS) is 10.2. The summed E-state index contributed by atoms with van der Waals surface area (Å²) in [6.45, 7) is 3.28. The van der Waals surface area contributed by atoms with Gasteiger partial charge in [-0.25, -0.2) is 0 Å². The van der Waals surface area contributed by atoms with E-state index in [0.717, 1.165) is 29.2 Å². The molecule has 19 heavy (non-hydrogen) atoms. The zero-order valence-electron chi connectivity index (χ0n) is 11.1. The van der Waals surface area contributed by atoms with Crippen LogP contribution in [0, 0.1) is 6.92 Å². The van der Waals surface area contributed by atoms with Gasteiger partial charge in [-0.15, -0.1) is 0 Å². The molecule has 0 saturated carbocycles. The zero-order chi connectivity index (χ0) is 13.5. The highest BCUT2D eigenvalue weighted by Gasteiger charge is 1.99. The van der Waals surface area contributed by atoms with E-state index < -0.39 is 0 Å². The molecule has 2 aromatic rings. The van der Waals surface area contributed by atoms with Crippen LogP contribution in [-0.2, 0) is 0 Å². The lowest BCUT2D eigenvalue weighted by Gasteiger charge is -2.10. The van der Waals surface area contributed by atoms with Crippen molar-refractivity contribution < 1.29 is 9.47 Å². The molecule has 0 atom stereocenters. The highest BCUT2D eigenvalue weighted by atomic mass is 16.5. The summed E-state index contributed by atoms with van der Waals surface area (Å²) in [6, 6.07) is 15.5. The molecule has 3 heteroatoms. The van der Waals surface area contributed by atoms with E-state index in [4.69, 9.17) is 15.2 Å². The lowest BCUT2D eigenvalue weighted by Crippen LogP contribution is -2.05. The minimum atomic E-state index is 0.636. The number of benzene rings is 2. The third kappa shape index (κ3) is 4.21. The van der Waals surface area contributed by atoms with Crippen LogP contribution in [0.15, 0.2) is 48.5 Å². The Morgan fingerprint density at radius 1 is 0.947 bits per heavy atom. The van der Waals surface area contributed by atoms with Gasteiger partial charge in [0.2, 0.25) is 0 Å². The fourth-order valence-corrected chi connectivity index (χ4v) is 1.78. The summed E-state index contributed by atoms with van der Waals surface area (Å²) < 4.78 is 11.3. The molecule has 100 valence electrons. The summed E-state index contributed by atoms with van der Waals surface area (Å²) in [5.41, 5.74) is 7.51. The number of para-hydroxylation sites is 1. The van der Waals surface area contributed by atoms with Gasteiger partial charge in [-0.2, -0.15) is 0 Å². The van der Waals surface area contributed by atoms with Crippen LogP contribution in [0.25, 0.3) is 0 Å². The van der Waals surface area contributed by atoms with Gasteiger partial charge in [0.1, 0.15) is 11.5 Å². The topological polar surface area (TPSA) is 44.5 Å². The van der Waals surface area contributed by atoms with Crippen molar-refractivity contribution in [2.45, 2.75) is 13.3 Å². The molecule has 0 heterocycles. The largest absolute Gasteiger partial charge is 0.493 e. The number of ether oxygens (including phenoxy) is 2. The first-order valence-corrected chi connectivity index (χ1v) is 6.42. The van der Waals surface area contributed by atoms with Crippen molar-refractivity contribution in [3.8, 4) is 11.5 Å². The summed E-state index contributed by atoms with van der Waals surface area (Å²) in [5, 5.41) is 0. The Labute approximate surface area is 114 Å². The molecule has 0 amide bonds. The minimum absolute atomic E-state index is 0.636. The maximum Gasteiger partial charge on any atom is 0.122 e. The van der Waals surface area contributed by atoms with Crippen LogP contribution in [0.1, 0.15) is 12.0 Å². The van der Waals surface area contributed by atoms with Gasteiger partial charge in [-0.3, -0.25) is 0 Å². The highest BCUT2D eigenvalue weighted by molar-refractivity contribution is 5.47. The predicted octanol–water partition coefficient (Wildman–Crippen LogP) is 3.43. The third-order valence-electron chi connectivity index (χ3n) is 2.76. The van der Waals surface area contributed by atoms with Crippen molar-refractivity contribution in [1.29, 1.82) is 0 Å². The molecule has 2 aromatic carbocycles. The summed E-state index contributed by atoms with van der Waals surface area (Å²) >= 11 is 0. The van der Waals surface area contributed by atoms with E-state index in [2.05, 4.69) is 0 Å². The molecule has 0 spiro atoms. The fraction of sp³-hybridized carbons (Fsp3) is 0.250. The molecule has 0 unspecified atom stereocenters. The number of aryl methyl sites for hydroxylation is 1. The second-order valence-electron chi connectivity index (χ2n) is 4.39. The molecule has 0 aliphatic rings. The molecular weight excluding hydrogens is 238 g/mol. The predicted molar refractivity (Wildman–Crippen MR) is 77.6 cm³/mol. The number of hydrogen-bond acceptors (Lipinski definition) is 3. The molecule has 2 N–H and O–H groups in total. The first-order chi connectivity index (χ1) is 9.25. The van der Waals surface area contributed by atoms with Crippen LogP contribution in [0.3, 0.4) is 0 Å². The molecule has 0 fully saturated rings. The van der Waals surface area contributed by atoms with Crippen LogP contribution in [0.4, 0.5) is 5.69 Å². The summed E-state index contributed by atoms with van der Waals surface area (Å²) in [5.74, 6) is 1.78. The van der Waals surface area contributed by atoms with Gasteiger partial charge in [-0.1, -0.05) is 18.2 Å². The number of rotatable bonds is 6. The van der Waals surface area contributed by atoms with Crippen molar-refractivity contribution in [3.05, 3.63) is 54.1 Å². The molecule has 0 radical (unpaired) electrons. The van der Waals surface area contributed by atoms with Gasteiger partial charge in [-0.05, 0) is 42.8 Å². The maximum absolute atomic E-state index is 5.69. The number of anilines is 1. The number of nitrogens with two attached hydrogens (primary N) is 1. The Morgan fingerprint density at radius 3 is 2.42 bits per heavy atom. The van der Waals surface area contributed by atoms with Gasteiger partial charge < -0.3 is 15.2 Å². The molecule has 0 aliphatic heterocycles. The van der Waals surface area contributed by atoms with Crippen LogP contribution in [0.5, 0.6) is 11.5 Å². The Bertz CT molecular complexity index is 511. The second-order valence-corrected chi connectivity index (χ2v) is 4.39. The first-order valence-electron chi connectivity index (χ1n) is 6.42. The molecule has 0 saturated heterocycles. The van der Waals surface area contributed by atoms with Crippen molar-refractivity contribution in [3.63, 3.8) is 0 Å². The molecule has 0 aromatic heterocycles. The SMILES string of the molecule is Cc1cc(N)ccc1OCCCOc1ccccc1. The summed E-state index contributed by atoms with van der Waals surface area (Å²) in [7, 11) is 0. The Kier molecular flexibility index (Phi) is 4.67. The number of nitrogen functional groups attached to an aromatic ring is 1. The summed E-state index contributed by atoms with van der Waals surface area (Å²) in [4.78, 5) is 0. The van der Waals surface area contributed by atoms with Crippen molar-refractivity contribution in [2.75, 3.05) is 18.9 Å². The summed E-state index contributed by atoms with van der Waals surface area (Å²) in [6.07, 6.45) is 0.846. The lowest BCUT2D eigenvalue weighted by atomic mass is 10.2. The second kappa shape index (κ2) is 6.69. The monoisotopic (exact) mass is 257 g/mol. The molecular formula is C16H19NO2. The molecule has 0 bridgehead atoms. The quantitative estimate of drug-likeness (QED) is 0.637. The van der Waals surface area contributed by atoms with Crippen molar-refractivity contribution in [2.24, 2.45) is 0 Å². The third-order valence-corrected chi connectivity index (χ3v) is 2.76. The van der Waals surface area contributed by atoms with Crippen LogP contribution in [-0.4, -0.2) is 13.2 Å². The molecule has 2 rings (SSSR count). The van der Waals surface area contributed by atoms with Crippen LogP contribution < -0.4 is 15.2 Å². The average Bonchev–Trinajstić information content (AvgIpc) is 2.42. The van der Waals surface area contributed by atoms with Gasteiger partial charge >= 0.3 is 0 Å². The van der Waals surface area contributed by atoms with Crippen LogP contribution in [0.2, 0.25) is 0 Å². The fourth-order valence-electron chi connectivity index (χ4n) is 1.78. The maximum atomic E-state index is 5.69. The standard InChI is InChI=1S/C16H19NO2/c1-13-12-14(17)8-9-16(13)19-11-5-10-18-15-6-3-2-4-7-15/h2-4,6-9,12H,5,10-11,17H2,1H3. The molecule has 0 aliphatic carbocycles. The zero-order valence-corrected chi connectivity index (χ0v) is 11.1. The Hall–Kier alpha value is -2.16.